The van der Waals surface area contributed by atoms with Crippen molar-refractivity contribution in [2.75, 3.05) is 13.1 Å². The van der Waals surface area contributed by atoms with E-state index in [4.69, 9.17) is 10.5 Å². The molecule has 0 aliphatic carbocycles. The van der Waals surface area contributed by atoms with E-state index in [0.29, 0.717) is 13.1 Å². The summed E-state index contributed by atoms with van der Waals surface area (Å²) in [6.45, 7) is 7.32. The van der Waals surface area contributed by atoms with E-state index in [1.54, 1.807) is 9.58 Å². The molecule has 0 spiro atoms. The van der Waals surface area contributed by atoms with Gasteiger partial charge in [-0.25, -0.2) is 9.48 Å². The molecule has 0 radical (unpaired) electrons. The van der Waals surface area contributed by atoms with Crippen molar-refractivity contribution in [3.8, 4) is 0 Å². The lowest BCUT2D eigenvalue weighted by molar-refractivity contribution is 0.0166. The first-order valence-corrected chi connectivity index (χ1v) is 6.98. The summed E-state index contributed by atoms with van der Waals surface area (Å²) >= 11 is 0. The summed E-state index contributed by atoms with van der Waals surface area (Å²) in [4.78, 5) is 13.8. The zero-order valence-corrected chi connectivity index (χ0v) is 12.4. The molecule has 2 rings (SSSR count). The summed E-state index contributed by atoms with van der Waals surface area (Å²) in [5, 5.41) is 8.08. The molecule has 2 heterocycles. The van der Waals surface area contributed by atoms with Crippen LogP contribution in [0.2, 0.25) is 0 Å². The summed E-state index contributed by atoms with van der Waals surface area (Å²) in [5.41, 5.74) is 5.83. The van der Waals surface area contributed by atoms with Crippen LogP contribution in [0.4, 0.5) is 4.79 Å². The normalized spacial score (nSPS) is 20.0. The molecule has 0 saturated carbocycles. The largest absolute Gasteiger partial charge is 0.444 e. The van der Waals surface area contributed by atoms with E-state index in [1.807, 2.05) is 27.0 Å². The Labute approximate surface area is 119 Å². The SMILES string of the molecule is CC(C)(C)OC(=O)N1CCCC(n2cc(CN)nn2)C1. The van der Waals surface area contributed by atoms with Crippen LogP contribution in [0.5, 0.6) is 0 Å². The minimum absolute atomic E-state index is 0.143. The van der Waals surface area contributed by atoms with Crippen molar-refractivity contribution in [3.63, 3.8) is 0 Å². The second kappa shape index (κ2) is 5.78. The summed E-state index contributed by atoms with van der Waals surface area (Å²) in [7, 11) is 0. The molecular formula is C13H23N5O2. The molecule has 1 amide bonds. The predicted molar refractivity (Wildman–Crippen MR) is 74.0 cm³/mol. The van der Waals surface area contributed by atoms with E-state index in [-0.39, 0.29) is 12.1 Å². The molecule has 0 aromatic carbocycles. The number of piperidine rings is 1. The number of ether oxygens (including phenoxy) is 1. The maximum atomic E-state index is 12.1. The highest BCUT2D eigenvalue weighted by Crippen LogP contribution is 2.22. The maximum absolute atomic E-state index is 12.1. The molecule has 2 N–H and O–H groups in total. The average Bonchev–Trinajstić information content (AvgIpc) is 2.85. The first-order valence-electron chi connectivity index (χ1n) is 6.98. The Kier molecular flexibility index (Phi) is 4.27. The molecular weight excluding hydrogens is 258 g/mol. The number of aromatic nitrogens is 3. The smallest absolute Gasteiger partial charge is 0.410 e. The standard InChI is InChI=1S/C13H23N5O2/c1-13(2,3)20-12(19)17-6-4-5-11(9-17)18-8-10(7-14)15-16-18/h8,11H,4-7,9,14H2,1-3H3. The fourth-order valence-corrected chi connectivity index (χ4v) is 2.25. The van der Waals surface area contributed by atoms with Crippen LogP contribution in [0.3, 0.4) is 0 Å². The fourth-order valence-electron chi connectivity index (χ4n) is 2.25. The Balaban J connectivity index is 1.99. The lowest BCUT2D eigenvalue weighted by atomic mass is 10.1. The van der Waals surface area contributed by atoms with Gasteiger partial charge in [0.1, 0.15) is 5.60 Å². The Bertz CT molecular complexity index is 466. The molecule has 0 bridgehead atoms. The predicted octanol–water partition coefficient (Wildman–Crippen LogP) is 1.31. The van der Waals surface area contributed by atoms with Gasteiger partial charge >= 0.3 is 6.09 Å². The van der Waals surface area contributed by atoms with Crippen molar-refractivity contribution in [2.24, 2.45) is 5.73 Å². The summed E-state index contributed by atoms with van der Waals surface area (Å²) < 4.78 is 7.21. The molecule has 112 valence electrons. The van der Waals surface area contributed by atoms with Crippen LogP contribution in [-0.4, -0.2) is 44.7 Å². The van der Waals surface area contributed by atoms with Crippen LogP contribution < -0.4 is 5.73 Å². The molecule has 7 nitrogen and oxygen atoms in total. The van der Waals surface area contributed by atoms with E-state index >= 15 is 0 Å². The third-order valence-corrected chi connectivity index (χ3v) is 3.19. The molecule has 20 heavy (non-hydrogen) atoms. The lowest BCUT2D eigenvalue weighted by Gasteiger charge is -2.33. The van der Waals surface area contributed by atoms with Gasteiger partial charge in [0.05, 0.1) is 17.9 Å². The molecule has 1 aromatic rings. The van der Waals surface area contributed by atoms with Crippen molar-refractivity contribution in [1.82, 2.24) is 19.9 Å². The number of nitrogens with two attached hydrogens (primary N) is 1. The third kappa shape index (κ3) is 3.69. The van der Waals surface area contributed by atoms with Gasteiger partial charge in [-0.3, -0.25) is 0 Å². The highest BCUT2D eigenvalue weighted by atomic mass is 16.6. The molecule has 7 heteroatoms. The Hall–Kier alpha value is -1.63. The Morgan fingerprint density at radius 2 is 2.30 bits per heavy atom. The van der Waals surface area contributed by atoms with Crippen LogP contribution in [0.25, 0.3) is 0 Å². The van der Waals surface area contributed by atoms with Crippen LogP contribution in [0.1, 0.15) is 45.3 Å². The Morgan fingerprint density at radius 1 is 1.55 bits per heavy atom. The average molecular weight is 281 g/mol. The number of hydrogen-bond acceptors (Lipinski definition) is 5. The number of carbonyl (C=O) groups excluding carboxylic acids is 1. The van der Waals surface area contributed by atoms with E-state index < -0.39 is 5.60 Å². The zero-order valence-electron chi connectivity index (χ0n) is 12.4. The molecule has 1 unspecified atom stereocenters. The van der Waals surface area contributed by atoms with Gasteiger partial charge in [-0.2, -0.15) is 0 Å². The minimum Gasteiger partial charge on any atom is -0.444 e. The van der Waals surface area contributed by atoms with Crippen LogP contribution in [0.15, 0.2) is 6.20 Å². The van der Waals surface area contributed by atoms with E-state index in [9.17, 15) is 4.79 Å². The summed E-state index contributed by atoms with van der Waals surface area (Å²) in [6, 6.07) is 0.143. The van der Waals surface area contributed by atoms with Crippen molar-refractivity contribution >= 4 is 6.09 Å². The monoisotopic (exact) mass is 281 g/mol. The molecule has 1 aromatic heterocycles. The third-order valence-electron chi connectivity index (χ3n) is 3.19. The fraction of sp³-hybridized carbons (Fsp3) is 0.769. The van der Waals surface area contributed by atoms with Gasteiger partial charge in [0.15, 0.2) is 0 Å². The van der Waals surface area contributed by atoms with E-state index in [1.165, 1.54) is 0 Å². The number of likely N-dealkylation sites (tertiary alicyclic amines) is 1. The van der Waals surface area contributed by atoms with Gasteiger partial charge in [0, 0.05) is 19.6 Å². The van der Waals surface area contributed by atoms with Crippen molar-refractivity contribution in [3.05, 3.63) is 11.9 Å². The van der Waals surface area contributed by atoms with Gasteiger partial charge in [0.25, 0.3) is 0 Å². The second-order valence-electron chi connectivity index (χ2n) is 6.12. The van der Waals surface area contributed by atoms with Gasteiger partial charge in [-0.1, -0.05) is 5.21 Å². The van der Waals surface area contributed by atoms with Crippen LogP contribution in [-0.2, 0) is 11.3 Å². The Morgan fingerprint density at radius 3 is 2.90 bits per heavy atom. The van der Waals surface area contributed by atoms with Crippen molar-refractivity contribution in [1.29, 1.82) is 0 Å². The summed E-state index contributed by atoms with van der Waals surface area (Å²) in [6.07, 6.45) is 3.50. The van der Waals surface area contributed by atoms with Gasteiger partial charge in [0.2, 0.25) is 0 Å². The zero-order chi connectivity index (χ0) is 14.8. The van der Waals surface area contributed by atoms with Gasteiger partial charge in [-0.05, 0) is 33.6 Å². The topological polar surface area (TPSA) is 86.3 Å². The second-order valence-corrected chi connectivity index (χ2v) is 6.12. The molecule has 1 aliphatic heterocycles. The number of nitrogens with zero attached hydrogens (tertiary/aromatic N) is 4. The number of amides is 1. The quantitative estimate of drug-likeness (QED) is 0.883. The van der Waals surface area contributed by atoms with Crippen LogP contribution in [0, 0.1) is 0 Å². The van der Waals surface area contributed by atoms with Crippen molar-refractivity contribution < 1.29 is 9.53 Å². The molecule has 1 saturated heterocycles. The molecule has 1 atom stereocenters. The minimum atomic E-state index is -0.468. The highest BCUT2D eigenvalue weighted by Gasteiger charge is 2.28. The number of rotatable bonds is 2. The summed E-state index contributed by atoms with van der Waals surface area (Å²) in [5.74, 6) is 0. The van der Waals surface area contributed by atoms with E-state index in [2.05, 4.69) is 10.3 Å². The number of hydrogen-bond donors (Lipinski definition) is 1. The maximum Gasteiger partial charge on any atom is 0.410 e. The molecule has 1 fully saturated rings. The van der Waals surface area contributed by atoms with Crippen LogP contribution >= 0.6 is 0 Å². The van der Waals surface area contributed by atoms with Gasteiger partial charge < -0.3 is 15.4 Å². The highest BCUT2D eigenvalue weighted by molar-refractivity contribution is 5.68. The molecule has 1 aliphatic rings. The first-order chi connectivity index (χ1) is 9.39. The van der Waals surface area contributed by atoms with Crippen molar-refractivity contribution in [2.45, 2.75) is 51.8 Å². The van der Waals surface area contributed by atoms with Gasteiger partial charge in [-0.15, -0.1) is 5.10 Å². The number of carbonyl (C=O) groups is 1. The lowest BCUT2D eigenvalue weighted by Crippen LogP contribution is -2.43. The van der Waals surface area contributed by atoms with E-state index in [0.717, 1.165) is 25.1 Å². The first kappa shape index (κ1) is 14.8.